The number of carbonyl (C=O) groups excluding carboxylic acids is 2. The third-order valence-corrected chi connectivity index (χ3v) is 5.02. The Bertz CT molecular complexity index is 889. The lowest BCUT2D eigenvalue weighted by Gasteiger charge is -2.31. The van der Waals surface area contributed by atoms with Crippen LogP contribution in [0.4, 0.5) is 11.4 Å². The van der Waals surface area contributed by atoms with Gasteiger partial charge in [-0.15, -0.1) is 0 Å². The van der Waals surface area contributed by atoms with Gasteiger partial charge in [0.25, 0.3) is 5.91 Å². The number of amides is 2. The molecule has 0 aromatic heterocycles. The van der Waals surface area contributed by atoms with Gasteiger partial charge in [-0.25, -0.2) is 0 Å². The molecule has 0 saturated carbocycles. The fourth-order valence-corrected chi connectivity index (χ4v) is 3.42. The van der Waals surface area contributed by atoms with E-state index in [-0.39, 0.29) is 18.4 Å². The maximum absolute atomic E-state index is 12.3. The lowest BCUT2D eigenvalue weighted by Crippen LogP contribution is -2.37. The molecule has 1 N–H and O–H groups in total. The van der Waals surface area contributed by atoms with Gasteiger partial charge in [-0.3, -0.25) is 9.59 Å². The van der Waals surface area contributed by atoms with E-state index in [0.717, 1.165) is 33.8 Å². The Morgan fingerprint density at radius 1 is 1.18 bits per heavy atom. The fraction of sp³-hybridized carbons (Fsp3) is 0.391. The van der Waals surface area contributed by atoms with E-state index in [1.54, 1.807) is 0 Å². The summed E-state index contributed by atoms with van der Waals surface area (Å²) < 4.78 is 5.67. The zero-order chi connectivity index (χ0) is 20.3. The summed E-state index contributed by atoms with van der Waals surface area (Å²) in [6.45, 7) is 8.87. The van der Waals surface area contributed by atoms with Crippen molar-refractivity contribution < 1.29 is 14.3 Å². The molecule has 1 heterocycles. The Balaban J connectivity index is 1.66. The summed E-state index contributed by atoms with van der Waals surface area (Å²) in [4.78, 5) is 26.4. The van der Waals surface area contributed by atoms with E-state index in [0.29, 0.717) is 25.3 Å². The van der Waals surface area contributed by atoms with Crippen molar-refractivity contribution >= 4 is 23.2 Å². The number of ether oxygens (including phenoxy) is 1. The van der Waals surface area contributed by atoms with Crippen LogP contribution in [0.3, 0.4) is 0 Å². The molecule has 2 aromatic carbocycles. The SMILES string of the molecule is Cc1cccc(OCC(=O)Nc2ccc3c(c2)CCC(=O)N3CC(C)C)c1C. The Labute approximate surface area is 166 Å². The van der Waals surface area contributed by atoms with Crippen molar-refractivity contribution in [1.82, 2.24) is 0 Å². The van der Waals surface area contributed by atoms with E-state index in [9.17, 15) is 9.59 Å². The molecule has 0 fully saturated rings. The van der Waals surface area contributed by atoms with Crippen LogP contribution in [0, 0.1) is 19.8 Å². The summed E-state index contributed by atoms with van der Waals surface area (Å²) in [6, 6.07) is 11.5. The number of benzene rings is 2. The molecule has 2 aromatic rings. The van der Waals surface area contributed by atoms with E-state index in [1.807, 2.05) is 55.1 Å². The van der Waals surface area contributed by atoms with Crippen LogP contribution < -0.4 is 15.0 Å². The smallest absolute Gasteiger partial charge is 0.262 e. The van der Waals surface area contributed by atoms with Gasteiger partial charge < -0.3 is 15.0 Å². The maximum Gasteiger partial charge on any atom is 0.262 e. The van der Waals surface area contributed by atoms with Gasteiger partial charge in [-0.2, -0.15) is 0 Å². The number of carbonyl (C=O) groups is 2. The molecule has 0 saturated heterocycles. The summed E-state index contributed by atoms with van der Waals surface area (Å²) in [7, 11) is 0. The van der Waals surface area contributed by atoms with E-state index >= 15 is 0 Å². The number of rotatable bonds is 6. The van der Waals surface area contributed by atoms with Crippen LogP contribution in [0.25, 0.3) is 0 Å². The largest absolute Gasteiger partial charge is 0.483 e. The van der Waals surface area contributed by atoms with Gasteiger partial charge in [0.1, 0.15) is 5.75 Å². The van der Waals surface area contributed by atoms with Crippen molar-refractivity contribution in [3.8, 4) is 5.75 Å². The highest BCUT2D eigenvalue weighted by Gasteiger charge is 2.24. The van der Waals surface area contributed by atoms with Crippen LogP contribution in [0.2, 0.25) is 0 Å². The van der Waals surface area contributed by atoms with Crippen LogP contribution in [0.15, 0.2) is 36.4 Å². The van der Waals surface area contributed by atoms with Crippen LogP contribution in [0.5, 0.6) is 5.75 Å². The van der Waals surface area contributed by atoms with Gasteiger partial charge in [0.05, 0.1) is 0 Å². The van der Waals surface area contributed by atoms with Crippen molar-refractivity contribution in [1.29, 1.82) is 0 Å². The molecule has 0 aliphatic carbocycles. The first-order valence-corrected chi connectivity index (χ1v) is 9.77. The van der Waals surface area contributed by atoms with Crippen molar-refractivity contribution in [2.24, 2.45) is 5.92 Å². The van der Waals surface area contributed by atoms with Gasteiger partial charge in [-0.1, -0.05) is 26.0 Å². The molecule has 0 radical (unpaired) electrons. The van der Waals surface area contributed by atoms with E-state index in [1.165, 1.54) is 0 Å². The first kappa shape index (κ1) is 19.9. The number of fused-ring (bicyclic) bond motifs is 1. The first-order chi connectivity index (χ1) is 13.3. The molecule has 0 bridgehead atoms. The Morgan fingerprint density at radius 2 is 1.96 bits per heavy atom. The third kappa shape index (κ3) is 4.53. The molecule has 5 heteroatoms. The second-order valence-corrected chi connectivity index (χ2v) is 7.78. The molecular formula is C23H28N2O3. The number of aryl methyl sites for hydroxylation is 2. The lowest BCUT2D eigenvalue weighted by molar-refractivity contribution is -0.119. The molecule has 5 nitrogen and oxygen atoms in total. The monoisotopic (exact) mass is 380 g/mol. The second kappa shape index (κ2) is 8.46. The summed E-state index contributed by atoms with van der Waals surface area (Å²) in [5.74, 6) is 1.09. The summed E-state index contributed by atoms with van der Waals surface area (Å²) in [5.41, 5.74) is 4.95. The minimum Gasteiger partial charge on any atom is -0.483 e. The summed E-state index contributed by atoms with van der Waals surface area (Å²) >= 11 is 0. The van der Waals surface area contributed by atoms with Crippen molar-refractivity contribution in [3.05, 3.63) is 53.1 Å². The molecule has 0 unspecified atom stereocenters. The second-order valence-electron chi connectivity index (χ2n) is 7.78. The quantitative estimate of drug-likeness (QED) is 0.815. The average molecular weight is 380 g/mol. The van der Waals surface area contributed by atoms with Gasteiger partial charge in [0.2, 0.25) is 5.91 Å². The lowest BCUT2D eigenvalue weighted by atomic mass is 9.99. The average Bonchev–Trinajstić information content (AvgIpc) is 2.65. The van der Waals surface area contributed by atoms with E-state index in [4.69, 9.17) is 4.74 Å². The van der Waals surface area contributed by atoms with Crippen LogP contribution in [-0.2, 0) is 16.0 Å². The van der Waals surface area contributed by atoms with Crippen LogP contribution in [-0.4, -0.2) is 25.0 Å². The molecule has 1 aliphatic heterocycles. The highest BCUT2D eigenvalue weighted by atomic mass is 16.5. The standard InChI is InChI=1S/C23H28N2O3/c1-15(2)13-25-20-10-9-19(12-18(20)8-11-23(25)27)24-22(26)14-28-21-7-5-6-16(3)17(21)4/h5-7,9-10,12,15H,8,11,13-14H2,1-4H3,(H,24,26). The number of hydrogen-bond donors (Lipinski definition) is 1. The predicted octanol–water partition coefficient (Wildman–Crippen LogP) is 4.26. The van der Waals surface area contributed by atoms with Crippen molar-refractivity contribution in [3.63, 3.8) is 0 Å². The summed E-state index contributed by atoms with van der Waals surface area (Å²) in [6.07, 6.45) is 1.21. The molecular weight excluding hydrogens is 352 g/mol. The number of anilines is 2. The number of nitrogens with one attached hydrogen (secondary N) is 1. The van der Waals surface area contributed by atoms with Crippen molar-refractivity contribution in [2.75, 3.05) is 23.4 Å². The Kier molecular flexibility index (Phi) is 6.02. The highest BCUT2D eigenvalue weighted by molar-refractivity contribution is 5.97. The molecule has 0 spiro atoms. The molecule has 148 valence electrons. The maximum atomic E-state index is 12.3. The molecule has 3 rings (SSSR count). The molecule has 0 atom stereocenters. The zero-order valence-electron chi connectivity index (χ0n) is 17.0. The molecule has 1 aliphatic rings. The number of hydrogen-bond acceptors (Lipinski definition) is 3. The Hall–Kier alpha value is -2.82. The van der Waals surface area contributed by atoms with Gasteiger partial charge in [0, 0.05) is 24.3 Å². The summed E-state index contributed by atoms with van der Waals surface area (Å²) in [5, 5.41) is 2.90. The highest BCUT2D eigenvalue weighted by Crippen LogP contribution is 2.31. The Morgan fingerprint density at radius 3 is 2.71 bits per heavy atom. The minimum absolute atomic E-state index is 0.0423. The third-order valence-electron chi connectivity index (χ3n) is 5.02. The van der Waals surface area contributed by atoms with Crippen LogP contribution in [0.1, 0.15) is 37.0 Å². The van der Waals surface area contributed by atoms with Crippen molar-refractivity contribution in [2.45, 2.75) is 40.5 Å². The van der Waals surface area contributed by atoms with Gasteiger partial charge in [-0.05, 0) is 67.1 Å². The normalized spacial score (nSPS) is 13.5. The molecule has 2 amide bonds. The van der Waals surface area contributed by atoms with Gasteiger partial charge in [0.15, 0.2) is 6.61 Å². The van der Waals surface area contributed by atoms with E-state index in [2.05, 4.69) is 19.2 Å². The van der Waals surface area contributed by atoms with Crippen LogP contribution >= 0.6 is 0 Å². The fourth-order valence-electron chi connectivity index (χ4n) is 3.42. The minimum atomic E-state index is -0.202. The number of nitrogens with zero attached hydrogens (tertiary/aromatic N) is 1. The zero-order valence-corrected chi connectivity index (χ0v) is 17.0. The first-order valence-electron chi connectivity index (χ1n) is 9.77. The topological polar surface area (TPSA) is 58.6 Å². The predicted molar refractivity (Wildman–Crippen MR) is 112 cm³/mol. The molecule has 28 heavy (non-hydrogen) atoms. The van der Waals surface area contributed by atoms with Gasteiger partial charge >= 0.3 is 0 Å². The van der Waals surface area contributed by atoms with E-state index < -0.39 is 0 Å².